The number of amides is 2. The minimum Gasteiger partial charge on any atom is -0.497 e. The van der Waals surface area contributed by atoms with Crippen molar-refractivity contribution < 1.29 is 23.5 Å². The van der Waals surface area contributed by atoms with Crippen molar-refractivity contribution in [2.24, 2.45) is 0 Å². The third-order valence-electron chi connectivity index (χ3n) is 5.14. The van der Waals surface area contributed by atoms with E-state index < -0.39 is 17.6 Å². The molecular weight excluding hydrogens is 411 g/mol. The standard InChI is InChI=1S/C25H21FN2O4/c1-31-20-10-6-16(7-11-20)15-28-24(29)22(17-8-12-21(32-2)13-9-17)23(25(28)30)27-19-5-3-4-18(26)14-19/h3-14,27H,15H2,1-2H3. The van der Waals surface area contributed by atoms with Gasteiger partial charge in [-0.15, -0.1) is 0 Å². The zero-order valence-electron chi connectivity index (χ0n) is 17.6. The van der Waals surface area contributed by atoms with Crippen LogP contribution in [-0.4, -0.2) is 30.9 Å². The van der Waals surface area contributed by atoms with Crippen molar-refractivity contribution in [3.8, 4) is 11.5 Å². The SMILES string of the molecule is COc1ccc(CN2C(=O)C(Nc3cccc(F)c3)=C(c3ccc(OC)cc3)C2=O)cc1. The summed E-state index contributed by atoms with van der Waals surface area (Å²) in [5.74, 6) is -0.0663. The van der Waals surface area contributed by atoms with Crippen LogP contribution < -0.4 is 14.8 Å². The maximum absolute atomic E-state index is 13.7. The fraction of sp³-hybridized carbons (Fsp3) is 0.120. The first kappa shape index (κ1) is 21.1. The molecule has 0 spiro atoms. The lowest BCUT2D eigenvalue weighted by Gasteiger charge is -2.16. The average Bonchev–Trinajstić information content (AvgIpc) is 3.04. The minimum absolute atomic E-state index is 0.0929. The second kappa shape index (κ2) is 8.93. The lowest BCUT2D eigenvalue weighted by atomic mass is 10.0. The summed E-state index contributed by atoms with van der Waals surface area (Å²) in [6.07, 6.45) is 0. The van der Waals surface area contributed by atoms with Crippen molar-refractivity contribution in [1.82, 2.24) is 4.90 Å². The van der Waals surface area contributed by atoms with Gasteiger partial charge in [-0.2, -0.15) is 0 Å². The normalized spacial score (nSPS) is 13.5. The highest BCUT2D eigenvalue weighted by Gasteiger charge is 2.39. The van der Waals surface area contributed by atoms with E-state index in [0.29, 0.717) is 22.7 Å². The monoisotopic (exact) mass is 432 g/mol. The molecule has 3 aromatic carbocycles. The van der Waals surface area contributed by atoms with E-state index in [2.05, 4.69) is 5.32 Å². The van der Waals surface area contributed by atoms with Crippen LogP contribution in [-0.2, 0) is 16.1 Å². The number of carbonyl (C=O) groups is 2. The van der Waals surface area contributed by atoms with E-state index in [-0.39, 0.29) is 17.8 Å². The van der Waals surface area contributed by atoms with Crippen LogP contribution in [0.5, 0.6) is 11.5 Å². The van der Waals surface area contributed by atoms with Crippen molar-refractivity contribution in [2.75, 3.05) is 19.5 Å². The highest BCUT2D eigenvalue weighted by Crippen LogP contribution is 2.32. The van der Waals surface area contributed by atoms with Crippen LogP contribution in [0.15, 0.2) is 78.5 Å². The van der Waals surface area contributed by atoms with E-state index in [1.165, 1.54) is 23.1 Å². The summed E-state index contributed by atoms with van der Waals surface area (Å²) < 4.78 is 24.1. The Balaban J connectivity index is 1.71. The lowest BCUT2D eigenvalue weighted by molar-refractivity contribution is -0.137. The summed E-state index contributed by atoms with van der Waals surface area (Å²) in [6, 6.07) is 19.7. The van der Waals surface area contributed by atoms with Gasteiger partial charge in [0.15, 0.2) is 0 Å². The average molecular weight is 432 g/mol. The third-order valence-corrected chi connectivity index (χ3v) is 5.14. The van der Waals surface area contributed by atoms with E-state index in [1.807, 2.05) is 0 Å². The van der Waals surface area contributed by atoms with Crippen LogP contribution in [0.25, 0.3) is 5.57 Å². The van der Waals surface area contributed by atoms with Crippen molar-refractivity contribution in [1.29, 1.82) is 0 Å². The third kappa shape index (κ3) is 4.18. The van der Waals surface area contributed by atoms with Gasteiger partial charge in [-0.05, 0) is 53.6 Å². The molecule has 1 aliphatic rings. The fourth-order valence-electron chi connectivity index (χ4n) is 3.49. The molecule has 0 unspecified atom stereocenters. The number of rotatable bonds is 7. The first-order valence-corrected chi connectivity index (χ1v) is 9.90. The number of imide groups is 1. The molecule has 1 heterocycles. The number of ether oxygens (including phenoxy) is 2. The molecule has 7 heteroatoms. The van der Waals surface area contributed by atoms with Crippen molar-refractivity contribution in [2.45, 2.75) is 6.54 Å². The summed E-state index contributed by atoms with van der Waals surface area (Å²) in [6.45, 7) is 0.0929. The Kier molecular flexibility index (Phi) is 5.89. The molecule has 0 bridgehead atoms. The van der Waals surface area contributed by atoms with Crippen LogP contribution in [0.4, 0.5) is 10.1 Å². The van der Waals surface area contributed by atoms with Gasteiger partial charge in [0.05, 0.1) is 26.3 Å². The number of nitrogens with one attached hydrogen (secondary N) is 1. The number of hydrogen-bond acceptors (Lipinski definition) is 5. The molecule has 32 heavy (non-hydrogen) atoms. The molecule has 0 aromatic heterocycles. The molecule has 1 aliphatic heterocycles. The highest BCUT2D eigenvalue weighted by atomic mass is 19.1. The first-order chi connectivity index (χ1) is 15.5. The molecule has 0 radical (unpaired) electrons. The molecule has 0 aliphatic carbocycles. The number of benzene rings is 3. The summed E-state index contributed by atoms with van der Waals surface area (Å²) in [4.78, 5) is 27.8. The maximum Gasteiger partial charge on any atom is 0.278 e. The number of anilines is 1. The van der Waals surface area contributed by atoms with Crippen LogP contribution in [0, 0.1) is 5.82 Å². The Labute approximate surface area is 184 Å². The van der Waals surface area contributed by atoms with Gasteiger partial charge in [-0.1, -0.05) is 30.3 Å². The van der Waals surface area contributed by atoms with E-state index in [4.69, 9.17) is 9.47 Å². The molecule has 6 nitrogen and oxygen atoms in total. The van der Waals surface area contributed by atoms with Gasteiger partial charge in [0.1, 0.15) is 23.0 Å². The highest BCUT2D eigenvalue weighted by molar-refractivity contribution is 6.36. The molecule has 0 saturated carbocycles. The van der Waals surface area contributed by atoms with E-state index in [1.54, 1.807) is 68.8 Å². The van der Waals surface area contributed by atoms with Crippen molar-refractivity contribution in [3.05, 3.63) is 95.4 Å². The quantitative estimate of drug-likeness (QED) is 0.566. The molecule has 2 amide bonds. The van der Waals surface area contributed by atoms with Gasteiger partial charge in [0, 0.05) is 5.69 Å². The van der Waals surface area contributed by atoms with Crippen LogP contribution in [0.3, 0.4) is 0 Å². The smallest absolute Gasteiger partial charge is 0.278 e. The van der Waals surface area contributed by atoms with E-state index in [9.17, 15) is 14.0 Å². The Bertz CT molecular complexity index is 1190. The summed E-state index contributed by atoms with van der Waals surface area (Å²) >= 11 is 0. The summed E-state index contributed by atoms with van der Waals surface area (Å²) in [7, 11) is 3.12. The molecule has 4 rings (SSSR count). The fourth-order valence-corrected chi connectivity index (χ4v) is 3.49. The number of methoxy groups -OCH3 is 2. The largest absolute Gasteiger partial charge is 0.497 e. The molecular formula is C25H21FN2O4. The van der Waals surface area contributed by atoms with Crippen molar-refractivity contribution >= 4 is 23.1 Å². The second-order valence-corrected chi connectivity index (χ2v) is 7.16. The topological polar surface area (TPSA) is 67.9 Å². The van der Waals surface area contributed by atoms with Gasteiger partial charge in [0.25, 0.3) is 11.8 Å². The van der Waals surface area contributed by atoms with Gasteiger partial charge >= 0.3 is 0 Å². The zero-order chi connectivity index (χ0) is 22.7. The van der Waals surface area contributed by atoms with Crippen LogP contribution in [0.2, 0.25) is 0 Å². The second-order valence-electron chi connectivity index (χ2n) is 7.16. The van der Waals surface area contributed by atoms with Crippen LogP contribution in [0.1, 0.15) is 11.1 Å². The van der Waals surface area contributed by atoms with E-state index >= 15 is 0 Å². The van der Waals surface area contributed by atoms with Gasteiger partial charge in [-0.3, -0.25) is 14.5 Å². The number of hydrogen-bond donors (Lipinski definition) is 1. The van der Waals surface area contributed by atoms with E-state index in [0.717, 1.165) is 5.56 Å². The molecule has 3 aromatic rings. The molecule has 0 atom stereocenters. The number of carbonyl (C=O) groups excluding carboxylic acids is 2. The predicted octanol–water partition coefficient (Wildman–Crippen LogP) is 4.24. The molecule has 0 fully saturated rings. The Morgan fingerprint density at radius 2 is 1.47 bits per heavy atom. The van der Waals surface area contributed by atoms with Crippen LogP contribution >= 0.6 is 0 Å². The summed E-state index contributed by atoms with van der Waals surface area (Å²) in [5.41, 5.74) is 2.02. The molecule has 0 saturated heterocycles. The zero-order valence-corrected chi connectivity index (χ0v) is 17.6. The van der Waals surface area contributed by atoms with Gasteiger partial charge in [-0.25, -0.2) is 4.39 Å². The molecule has 162 valence electrons. The lowest BCUT2D eigenvalue weighted by Crippen LogP contribution is -2.32. The Hall–Kier alpha value is -4.13. The number of nitrogens with zero attached hydrogens (tertiary/aromatic N) is 1. The Morgan fingerprint density at radius 1 is 0.844 bits per heavy atom. The predicted molar refractivity (Wildman–Crippen MR) is 118 cm³/mol. The van der Waals surface area contributed by atoms with Crippen molar-refractivity contribution in [3.63, 3.8) is 0 Å². The first-order valence-electron chi connectivity index (χ1n) is 9.90. The Morgan fingerprint density at radius 3 is 2.06 bits per heavy atom. The minimum atomic E-state index is -0.485. The number of halogens is 1. The maximum atomic E-state index is 13.7. The summed E-state index contributed by atoms with van der Waals surface area (Å²) in [5, 5.41) is 2.95. The van der Waals surface area contributed by atoms with Gasteiger partial charge < -0.3 is 14.8 Å². The van der Waals surface area contributed by atoms with Gasteiger partial charge in [0.2, 0.25) is 0 Å². The molecule has 1 N–H and O–H groups in total.